The Morgan fingerprint density at radius 2 is 1.67 bits per heavy atom. The van der Waals surface area contributed by atoms with Crippen molar-refractivity contribution in [3.8, 4) is 17.1 Å². The molecule has 4 rings (SSSR count). The Morgan fingerprint density at radius 1 is 0.970 bits per heavy atom. The Bertz CT molecular complexity index is 1260. The molecule has 33 heavy (non-hydrogen) atoms. The molecule has 0 spiro atoms. The molecule has 0 atom stereocenters. The molecule has 2 amide bonds. The van der Waals surface area contributed by atoms with Crippen LogP contribution in [0.3, 0.4) is 0 Å². The third-order valence-corrected chi connectivity index (χ3v) is 5.92. The Morgan fingerprint density at radius 3 is 2.30 bits per heavy atom. The fourth-order valence-corrected chi connectivity index (χ4v) is 4.05. The van der Waals surface area contributed by atoms with E-state index in [-0.39, 0.29) is 17.6 Å². The first-order chi connectivity index (χ1) is 16.0. The zero-order valence-electron chi connectivity index (χ0n) is 17.5. The van der Waals surface area contributed by atoms with Gasteiger partial charge in [-0.25, -0.2) is 0 Å². The molecule has 2 aromatic carbocycles. The largest absolute Gasteiger partial charge is 0.326 e. The van der Waals surface area contributed by atoms with E-state index < -0.39 is 0 Å². The van der Waals surface area contributed by atoms with Crippen molar-refractivity contribution in [1.82, 2.24) is 19.7 Å². The second kappa shape index (κ2) is 10.4. The maximum Gasteiger partial charge on any atom is 0.234 e. The molecule has 0 aliphatic heterocycles. The highest BCUT2D eigenvalue weighted by atomic mass is 79.9. The molecule has 10 heteroatoms. The van der Waals surface area contributed by atoms with Crippen LogP contribution >= 0.6 is 27.7 Å². The Hall–Kier alpha value is -3.50. The SMILES string of the molecule is CC(=O)Nc1ccc(NC(=O)CSc2nnc(-c3cccnc3)n2-c2ccc(Br)cc2)cc1. The van der Waals surface area contributed by atoms with Gasteiger partial charge in [-0.3, -0.25) is 19.1 Å². The molecule has 0 aliphatic rings. The smallest absolute Gasteiger partial charge is 0.234 e. The summed E-state index contributed by atoms with van der Waals surface area (Å²) in [7, 11) is 0. The number of halogens is 1. The molecular weight excluding hydrogens is 504 g/mol. The highest BCUT2D eigenvalue weighted by molar-refractivity contribution is 9.10. The van der Waals surface area contributed by atoms with E-state index in [1.165, 1.54) is 18.7 Å². The molecule has 8 nitrogen and oxygen atoms in total. The van der Waals surface area contributed by atoms with Gasteiger partial charge in [0.1, 0.15) is 0 Å². The van der Waals surface area contributed by atoms with E-state index in [9.17, 15) is 9.59 Å². The predicted octanol–water partition coefficient (Wildman–Crippen LogP) is 4.78. The zero-order chi connectivity index (χ0) is 23.2. The van der Waals surface area contributed by atoms with Gasteiger partial charge >= 0.3 is 0 Å². The van der Waals surface area contributed by atoms with E-state index >= 15 is 0 Å². The molecule has 0 aliphatic carbocycles. The fourth-order valence-electron chi connectivity index (χ4n) is 3.04. The molecule has 0 radical (unpaired) electrons. The van der Waals surface area contributed by atoms with Crippen LogP contribution in [0.1, 0.15) is 6.92 Å². The second-order valence-electron chi connectivity index (χ2n) is 6.96. The molecule has 166 valence electrons. The van der Waals surface area contributed by atoms with Gasteiger partial charge in [0.2, 0.25) is 11.8 Å². The lowest BCUT2D eigenvalue weighted by atomic mass is 10.2. The normalized spacial score (nSPS) is 10.6. The van der Waals surface area contributed by atoms with E-state index in [1.54, 1.807) is 36.7 Å². The highest BCUT2D eigenvalue weighted by Gasteiger charge is 2.17. The number of aromatic nitrogens is 4. The van der Waals surface area contributed by atoms with Crippen LogP contribution in [0, 0.1) is 0 Å². The van der Waals surface area contributed by atoms with Crippen molar-refractivity contribution in [2.24, 2.45) is 0 Å². The van der Waals surface area contributed by atoms with Crippen molar-refractivity contribution >= 4 is 50.9 Å². The molecule has 2 heterocycles. The molecule has 2 N–H and O–H groups in total. The van der Waals surface area contributed by atoms with Gasteiger partial charge < -0.3 is 10.6 Å². The van der Waals surface area contributed by atoms with E-state index in [4.69, 9.17) is 0 Å². The number of pyridine rings is 1. The number of anilines is 2. The molecule has 0 bridgehead atoms. The number of rotatable bonds is 7. The van der Waals surface area contributed by atoms with Crippen molar-refractivity contribution in [2.45, 2.75) is 12.1 Å². The monoisotopic (exact) mass is 522 g/mol. The van der Waals surface area contributed by atoms with Gasteiger partial charge in [-0.1, -0.05) is 27.7 Å². The zero-order valence-corrected chi connectivity index (χ0v) is 19.9. The average Bonchev–Trinajstić information content (AvgIpc) is 3.24. The summed E-state index contributed by atoms with van der Waals surface area (Å²) in [6, 6.07) is 18.5. The first kappa shape index (κ1) is 22.7. The number of hydrogen-bond donors (Lipinski definition) is 2. The molecular formula is C23H19BrN6O2S. The standard InChI is InChI=1S/C23H19BrN6O2S/c1-15(31)26-18-6-8-19(9-7-18)27-21(32)14-33-23-29-28-22(16-3-2-12-25-13-16)30(23)20-10-4-17(24)5-11-20/h2-13H,14H2,1H3,(H,26,31)(H,27,32). The summed E-state index contributed by atoms with van der Waals surface area (Å²) in [5.41, 5.74) is 3.00. The van der Waals surface area contributed by atoms with Gasteiger partial charge in [0.05, 0.1) is 5.75 Å². The summed E-state index contributed by atoms with van der Waals surface area (Å²) in [5, 5.41) is 14.8. The van der Waals surface area contributed by atoms with E-state index in [0.29, 0.717) is 22.4 Å². The molecule has 4 aromatic rings. The van der Waals surface area contributed by atoms with Crippen molar-refractivity contribution in [1.29, 1.82) is 0 Å². The number of nitrogens with zero attached hydrogens (tertiary/aromatic N) is 4. The maximum atomic E-state index is 12.5. The quantitative estimate of drug-likeness (QED) is 0.338. The van der Waals surface area contributed by atoms with Crippen LogP contribution in [0.2, 0.25) is 0 Å². The third kappa shape index (κ3) is 5.85. The number of hydrogen-bond acceptors (Lipinski definition) is 6. The second-order valence-corrected chi connectivity index (χ2v) is 8.81. The summed E-state index contributed by atoms with van der Waals surface area (Å²) in [6.07, 6.45) is 3.43. The summed E-state index contributed by atoms with van der Waals surface area (Å²) in [4.78, 5) is 27.9. The van der Waals surface area contributed by atoms with Crippen molar-refractivity contribution < 1.29 is 9.59 Å². The highest BCUT2D eigenvalue weighted by Crippen LogP contribution is 2.28. The summed E-state index contributed by atoms with van der Waals surface area (Å²) < 4.78 is 2.87. The summed E-state index contributed by atoms with van der Waals surface area (Å²) in [6.45, 7) is 1.44. The van der Waals surface area contributed by atoms with E-state index in [1.807, 2.05) is 41.0 Å². The van der Waals surface area contributed by atoms with E-state index in [2.05, 4.69) is 41.7 Å². The van der Waals surface area contributed by atoms with Crippen molar-refractivity contribution in [3.05, 3.63) is 77.5 Å². The minimum atomic E-state index is -0.180. The number of benzene rings is 2. The van der Waals surface area contributed by atoms with Crippen LogP contribution in [0.4, 0.5) is 11.4 Å². The van der Waals surface area contributed by atoms with Crippen molar-refractivity contribution in [2.75, 3.05) is 16.4 Å². The minimum Gasteiger partial charge on any atom is -0.326 e. The van der Waals surface area contributed by atoms with Gasteiger partial charge in [0, 0.05) is 46.4 Å². The van der Waals surface area contributed by atoms with Crippen LogP contribution in [0.15, 0.2) is 82.7 Å². The molecule has 2 aromatic heterocycles. The third-order valence-electron chi connectivity index (χ3n) is 4.46. The lowest BCUT2D eigenvalue weighted by Gasteiger charge is -2.11. The number of nitrogens with one attached hydrogen (secondary N) is 2. The molecule has 0 saturated carbocycles. The topological polar surface area (TPSA) is 102 Å². The van der Waals surface area contributed by atoms with Crippen LogP contribution in [-0.4, -0.2) is 37.3 Å². The Kier molecular flexibility index (Phi) is 7.16. The first-order valence-corrected chi connectivity index (χ1v) is 11.7. The maximum absolute atomic E-state index is 12.5. The first-order valence-electron chi connectivity index (χ1n) is 9.91. The number of thioether (sulfide) groups is 1. The average molecular weight is 523 g/mol. The van der Waals surface area contributed by atoms with Gasteiger partial charge in [-0.2, -0.15) is 0 Å². The number of amides is 2. The number of carbonyl (C=O) groups is 2. The Labute approximate surface area is 203 Å². The van der Waals surface area contributed by atoms with Crippen LogP contribution in [0.25, 0.3) is 17.1 Å². The van der Waals surface area contributed by atoms with Gasteiger partial charge in [-0.15, -0.1) is 10.2 Å². The Balaban J connectivity index is 1.51. The lowest BCUT2D eigenvalue weighted by Crippen LogP contribution is -2.14. The summed E-state index contributed by atoms with van der Waals surface area (Å²) >= 11 is 4.75. The van der Waals surface area contributed by atoms with Crippen molar-refractivity contribution in [3.63, 3.8) is 0 Å². The predicted molar refractivity (Wildman–Crippen MR) is 132 cm³/mol. The fraction of sp³-hybridized carbons (Fsp3) is 0.0870. The van der Waals surface area contributed by atoms with Gasteiger partial charge in [-0.05, 0) is 60.7 Å². The van der Waals surface area contributed by atoms with Crippen LogP contribution in [0.5, 0.6) is 0 Å². The minimum absolute atomic E-state index is 0.148. The van der Waals surface area contributed by atoms with Crippen LogP contribution in [-0.2, 0) is 9.59 Å². The molecule has 0 unspecified atom stereocenters. The molecule has 0 saturated heterocycles. The molecule has 0 fully saturated rings. The van der Waals surface area contributed by atoms with Crippen LogP contribution < -0.4 is 10.6 Å². The number of carbonyl (C=O) groups excluding carboxylic acids is 2. The lowest BCUT2D eigenvalue weighted by molar-refractivity contribution is -0.114. The van der Waals surface area contributed by atoms with E-state index in [0.717, 1.165) is 15.7 Å². The van der Waals surface area contributed by atoms with Gasteiger partial charge in [0.25, 0.3) is 0 Å². The van der Waals surface area contributed by atoms with Gasteiger partial charge in [0.15, 0.2) is 11.0 Å². The summed E-state index contributed by atoms with van der Waals surface area (Å²) in [5.74, 6) is 0.459.